The summed E-state index contributed by atoms with van der Waals surface area (Å²) in [6, 6.07) is 10.8. The number of aromatic nitrogens is 1. The van der Waals surface area contributed by atoms with E-state index in [1.54, 1.807) is 27.7 Å². The van der Waals surface area contributed by atoms with E-state index in [1.165, 1.54) is 22.6 Å². The molecular weight excluding hydrogens is 440 g/mol. The highest BCUT2D eigenvalue weighted by molar-refractivity contribution is 7.89. The fourth-order valence-electron chi connectivity index (χ4n) is 3.48. The number of carbonyl (C=O) groups is 1. The van der Waals surface area contributed by atoms with Crippen molar-refractivity contribution in [1.82, 2.24) is 9.29 Å². The van der Waals surface area contributed by atoms with E-state index in [2.05, 4.69) is 27.0 Å². The van der Waals surface area contributed by atoms with Gasteiger partial charge in [0, 0.05) is 31.5 Å². The average Bonchev–Trinajstić information content (AvgIpc) is 2.73. The van der Waals surface area contributed by atoms with E-state index in [9.17, 15) is 13.2 Å². The fraction of sp³-hybridized carbons (Fsp3) is 0.417. The molecule has 0 bridgehead atoms. The molecular formula is C24H30N4O4S. The number of aryl methyl sites for hydroxylation is 1. The van der Waals surface area contributed by atoms with Crippen LogP contribution in [0.4, 0.5) is 16.3 Å². The smallest absolute Gasteiger partial charge is 0.413 e. The maximum atomic E-state index is 13.3. The number of pyridine rings is 1. The van der Waals surface area contributed by atoms with Crippen molar-refractivity contribution in [2.75, 3.05) is 29.9 Å². The van der Waals surface area contributed by atoms with Crippen LogP contribution >= 0.6 is 0 Å². The van der Waals surface area contributed by atoms with Crippen molar-refractivity contribution in [1.29, 1.82) is 0 Å². The Labute approximate surface area is 196 Å². The van der Waals surface area contributed by atoms with Crippen LogP contribution in [0.25, 0.3) is 0 Å². The molecule has 1 atom stereocenters. The summed E-state index contributed by atoms with van der Waals surface area (Å²) < 4.78 is 33.1. The van der Waals surface area contributed by atoms with E-state index in [-0.39, 0.29) is 23.3 Å². The van der Waals surface area contributed by atoms with Crippen LogP contribution in [0.2, 0.25) is 0 Å². The van der Waals surface area contributed by atoms with Crippen molar-refractivity contribution in [3.63, 3.8) is 0 Å². The molecule has 1 fully saturated rings. The predicted molar refractivity (Wildman–Crippen MR) is 129 cm³/mol. The Morgan fingerprint density at radius 3 is 2.42 bits per heavy atom. The molecule has 9 heteroatoms. The first-order valence-corrected chi connectivity index (χ1v) is 12.2. The molecule has 2 aromatic rings. The van der Waals surface area contributed by atoms with E-state index >= 15 is 0 Å². The first-order chi connectivity index (χ1) is 15.5. The number of nitrogens with one attached hydrogen (secondary N) is 1. The molecule has 0 radical (unpaired) electrons. The van der Waals surface area contributed by atoms with Crippen molar-refractivity contribution in [2.45, 2.75) is 51.2 Å². The number of amides is 1. The minimum absolute atomic E-state index is 0.0595. The summed E-state index contributed by atoms with van der Waals surface area (Å²) in [6.07, 6.45) is 0.591. The van der Waals surface area contributed by atoms with Crippen LogP contribution in [-0.2, 0) is 14.8 Å². The van der Waals surface area contributed by atoms with Crippen LogP contribution in [-0.4, -0.2) is 55.1 Å². The number of rotatable bonds is 4. The molecule has 1 aromatic heterocycles. The van der Waals surface area contributed by atoms with Gasteiger partial charge in [0.1, 0.15) is 22.4 Å². The summed E-state index contributed by atoms with van der Waals surface area (Å²) in [5.41, 5.74) is 1.53. The number of anilines is 2. The molecule has 176 valence electrons. The number of ether oxygens (including phenoxy) is 1. The van der Waals surface area contributed by atoms with Crippen molar-refractivity contribution in [3.05, 3.63) is 48.2 Å². The summed E-state index contributed by atoms with van der Waals surface area (Å²) >= 11 is 0. The Hall–Kier alpha value is -3.09. The third kappa shape index (κ3) is 6.24. The first-order valence-electron chi connectivity index (χ1n) is 10.7. The summed E-state index contributed by atoms with van der Waals surface area (Å²) in [4.78, 5) is 18.2. The third-order valence-electron chi connectivity index (χ3n) is 5.02. The van der Waals surface area contributed by atoms with Gasteiger partial charge in [-0.3, -0.25) is 5.32 Å². The van der Waals surface area contributed by atoms with Crippen molar-refractivity contribution >= 4 is 27.6 Å². The minimum Gasteiger partial charge on any atom is -0.444 e. The summed E-state index contributed by atoms with van der Waals surface area (Å²) in [6.45, 7) is 10.1. The van der Waals surface area contributed by atoms with Crippen molar-refractivity contribution < 1.29 is 17.9 Å². The summed E-state index contributed by atoms with van der Waals surface area (Å²) in [5, 5.41) is 2.50. The molecule has 1 aliphatic heterocycles. The quantitative estimate of drug-likeness (QED) is 0.686. The molecule has 1 aromatic carbocycles. The normalized spacial score (nSPS) is 17.1. The standard InChI is InChI=1S/C24H30N4O4S/c1-6-7-20-17-27(14-15-28(20)19-10-8-18(2)9-11-19)33(30,31)21-12-13-22(25-16-21)26-23(29)32-24(3,4)5/h8-13,16,20H,14-15,17H2,1-5H3,(H,25,26,29)/t20-/m0/s1. The Morgan fingerprint density at radius 2 is 1.85 bits per heavy atom. The monoisotopic (exact) mass is 470 g/mol. The molecule has 1 amide bonds. The van der Waals surface area contributed by atoms with Crippen LogP contribution in [0, 0.1) is 18.8 Å². The molecule has 33 heavy (non-hydrogen) atoms. The van der Waals surface area contributed by atoms with Gasteiger partial charge < -0.3 is 9.64 Å². The second kappa shape index (κ2) is 9.81. The van der Waals surface area contributed by atoms with Gasteiger partial charge in [0.25, 0.3) is 0 Å². The lowest BCUT2D eigenvalue weighted by Gasteiger charge is -2.39. The fourth-order valence-corrected chi connectivity index (χ4v) is 4.86. The van der Waals surface area contributed by atoms with Crippen molar-refractivity contribution in [2.24, 2.45) is 0 Å². The molecule has 0 saturated carbocycles. The Kier molecular flexibility index (Phi) is 7.30. The second-order valence-electron chi connectivity index (χ2n) is 8.81. The zero-order valence-electron chi connectivity index (χ0n) is 19.6. The van der Waals surface area contributed by atoms with E-state index in [1.807, 2.05) is 31.2 Å². The first kappa shape index (κ1) is 24.6. The molecule has 0 aliphatic carbocycles. The Morgan fingerprint density at radius 1 is 1.15 bits per heavy atom. The number of carbonyl (C=O) groups excluding carboxylic acids is 1. The topological polar surface area (TPSA) is 91.8 Å². The predicted octanol–water partition coefficient (Wildman–Crippen LogP) is 3.64. The van der Waals surface area contributed by atoms with E-state index in [0.29, 0.717) is 13.1 Å². The number of hydrogen-bond donors (Lipinski definition) is 1. The zero-order valence-corrected chi connectivity index (χ0v) is 20.4. The summed E-state index contributed by atoms with van der Waals surface area (Å²) in [5.74, 6) is 6.28. The highest BCUT2D eigenvalue weighted by Gasteiger charge is 2.34. The molecule has 3 rings (SSSR count). The third-order valence-corrected chi connectivity index (χ3v) is 6.87. The molecule has 1 N–H and O–H groups in total. The lowest BCUT2D eigenvalue weighted by atomic mass is 10.1. The van der Waals surface area contributed by atoms with Crippen LogP contribution < -0.4 is 10.2 Å². The lowest BCUT2D eigenvalue weighted by molar-refractivity contribution is 0.0635. The number of sulfonamides is 1. The van der Waals surface area contributed by atoms with Crippen LogP contribution in [0.3, 0.4) is 0 Å². The molecule has 8 nitrogen and oxygen atoms in total. The largest absolute Gasteiger partial charge is 0.444 e. The van der Waals surface area contributed by atoms with Crippen LogP contribution in [0.5, 0.6) is 0 Å². The highest BCUT2D eigenvalue weighted by Crippen LogP contribution is 2.25. The maximum absolute atomic E-state index is 13.3. The van der Waals surface area contributed by atoms with Gasteiger partial charge >= 0.3 is 6.09 Å². The number of benzene rings is 1. The van der Waals surface area contributed by atoms with Gasteiger partial charge in [0.15, 0.2) is 0 Å². The summed E-state index contributed by atoms with van der Waals surface area (Å²) in [7, 11) is -3.77. The van der Waals surface area contributed by atoms with Gasteiger partial charge in [0.2, 0.25) is 10.0 Å². The van der Waals surface area contributed by atoms with Gasteiger partial charge in [-0.2, -0.15) is 4.31 Å². The SMILES string of the molecule is CC#C[C@H]1CN(S(=O)(=O)c2ccc(NC(=O)OC(C)(C)C)nc2)CCN1c1ccc(C)cc1. The van der Waals surface area contributed by atoms with Gasteiger partial charge in [-0.1, -0.05) is 23.6 Å². The molecule has 0 spiro atoms. The molecule has 1 saturated heterocycles. The minimum atomic E-state index is -3.77. The van der Waals surface area contributed by atoms with Crippen LogP contribution in [0.1, 0.15) is 33.3 Å². The van der Waals surface area contributed by atoms with Crippen LogP contribution in [0.15, 0.2) is 47.5 Å². The maximum Gasteiger partial charge on any atom is 0.413 e. The zero-order chi connectivity index (χ0) is 24.2. The van der Waals surface area contributed by atoms with Gasteiger partial charge in [-0.15, -0.1) is 5.92 Å². The van der Waals surface area contributed by atoms with E-state index in [4.69, 9.17) is 4.74 Å². The Balaban J connectivity index is 1.74. The second-order valence-corrected chi connectivity index (χ2v) is 10.7. The highest BCUT2D eigenvalue weighted by atomic mass is 32.2. The lowest BCUT2D eigenvalue weighted by Crippen LogP contribution is -2.54. The molecule has 0 unspecified atom stereocenters. The molecule has 2 heterocycles. The van der Waals surface area contributed by atoms with E-state index < -0.39 is 21.7 Å². The van der Waals surface area contributed by atoms with Gasteiger partial charge in [-0.25, -0.2) is 18.2 Å². The number of nitrogens with zero attached hydrogens (tertiary/aromatic N) is 3. The average molecular weight is 471 g/mol. The van der Waals surface area contributed by atoms with Gasteiger partial charge in [-0.05, 0) is 58.9 Å². The van der Waals surface area contributed by atoms with Gasteiger partial charge in [0.05, 0.1) is 0 Å². The molecule has 1 aliphatic rings. The number of piperazine rings is 1. The Bertz CT molecular complexity index is 1140. The number of hydrogen-bond acceptors (Lipinski definition) is 6. The van der Waals surface area contributed by atoms with Crippen molar-refractivity contribution in [3.8, 4) is 11.8 Å². The van der Waals surface area contributed by atoms with E-state index in [0.717, 1.165) is 11.3 Å².